The second-order valence-corrected chi connectivity index (χ2v) is 2.73. The summed E-state index contributed by atoms with van der Waals surface area (Å²) in [5.41, 5.74) is 1.90. The summed E-state index contributed by atoms with van der Waals surface area (Å²) in [5.74, 6) is 0. The third kappa shape index (κ3) is 1.96. The van der Waals surface area contributed by atoms with Crippen molar-refractivity contribution in [2.24, 2.45) is 0 Å². The van der Waals surface area contributed by atoms with Crippen LogP contribution < -0.4 is 4.90 Å². The number of hydrogen-bond acceptors (Lipinski definition) is 3. The van der Waals surface area contributed by atoms with Gasteiger partial charge in [0.2, 0.25) is 0 Å². The van der Waals surface area contributed by atoms with E-state index in [4.69, 9.17) is 5.26 Å². The Morgan fingerprint density at radius 3 is 2.92 bits per heavy atom. The molecule has 0 aliphatic rings. The van der Waals surface area contributed by atoms with Crippen LogP contribution >= 0.6 is 0 Å². The minimum Gasteiger partial charge on any atom is -0.378 e. The number of rotatable bonds is 2. The van der Waals surface area contributed by atoms with E-state index in [1.807, 2.05) is 31.1 Å². The van der Waals surface area contributed by atoms with E-state index in [1.165, 1.54) is 0 Å². The summed E-state index contributed by atoms with van der Waals surface area (Å²) in [5, 5.41) is 8.45. The summed E-state index contributed by atoms with van der Waals surface area (Å²) in [6, 6.07) is 5.91. The highest BCUT2D eigenvalue weighted by molar-refractivity contribution is 5.45. The second-order valence-electron chi connectivity index (χ2n) is 2.73. The summed E-state index contributed by atoms with van der Waals surface area (Å²) < 4.78 is 0. The Kier molecular flexibility index (Phi) is 2.65. The van der Waals surface area contributed by atoms with Crippen molar-refractivity contribution in [1.29, 1.82) is 5.26 Å². The van der Waals surface area contributed by atoms with Gasteiger partial charge >= 0.3 is 0 Å². The topological polar surface area (TPSA) is 39.9 Å². The van der Waals surface area contributed by atoms with Gasteiger partial charge in [0.15, 0.2) is 0 Å². The molecule has 1 rings (SSSR count). The zero-order chi connectivity index (χ0) is 8.97. The first kappa shape index (κ1) is 8.54. The largest absolute Gasteiger partial charge is 0.378 e. The van der Waals surface area contributed by atoms with Crippen LogP contribution in [0.15, 0.2) is 18.3 Å². The van der Waals surface area contributed by atoms with Gasteiger partial charge in [-0.1, -0.05) is 0 Å². The molecule has 0 aromatic carbocycles. The van der Waals surface area contributed by atoms with Crippen molar-refractivity contribution in [3.63, 3.8) is 0 Å². The molecule has 62 valence electrons. The Morgan fingerprint density at radius 2 is 2.33 bits per heavy atom. The van der Waals surface area contributed by atoms with Crippen molar-refractivity contribution < 1.29 is 0 Å². The van der Waals surface area contributed by atoms with Crippen LogP contribution in [-0.2, 0) is 6.42 Å². The highest BCUT2D eigenvalue weighted by Gasteiger charge is 1.97. The lowest BCUT2D eigenvalue weighted by Crippen LogP contribution is -2.09. The lowest BCUT2D eigenvalue weighted by molar-refractivity contribution is 1.07. The van der Waals surface area contributed by atoms with Crippen LogP contribution in [0.4, 0.5) is 5.69 Å². The Morgan fingerprint density at radius 1 is 1.58 bits per heavy atom. The van der Waals surface area contributed by atoms with E-state index < -0.39 is 0 Å². The molecule has 3 heteroatoms. The Bertz CT molecular complexity index is 299. The van der Waals surface area contributed by atoms with Gasteiger partial charge in [-0.25, -0.2) is 0 Å². The summed E-state index contributed by atoms with van der Waals surface area (Å²) in [6.07, 6.45) is 2.10. The lowest BCUT2D eigenvalue weighted by atomic mass is 10.2. The van der Waals surface area contributed by atoms with Gasteiger partial charge in [-0.05, 0) is 12.1 Å². The molecule has 0 N–H and O–H groups in total. The number of aromatic nitrogens is 1. The molecule has 0 unspecified atom stereocenters. The van der Waals surface area contributed by atoms with Crippen LogP contribution in [0.3, 0.4) is 0 Å². The molecule has 1 aromatic heterocycles. The van der Waals surface area contributed by atoms with Gasteiger partial charge in [0.05, 0.1) is 18.2 Å². The van der Waals surface area contributed by atoms with Crippen molar-refractivity contribution in [3.05, 3.63) is 24.0 Å². The average molecular weight is 161 g/mol. The molecule has 0 aliphatic heterocycles. The van der Waals surface area contributed by atoms with Crippen molar-refractivity contribution >= 4 is 5.69 Å². The van der Waals surface area contributed by atoms with Crippen LogP contribution in [0.25, 0.3) is 0 Å². The average Bonchev–Trinajstić information content (AvgIpc) is 2.05. The van der Waals surface area contributed by atoms with Crippen molar-refractivity contribution in [3.8, 4) is 6.07 Å². The fraction of sp³-hybridized carbons (Fsp3) is 0.333. The highest BCUT2D eigenvalue weighted by atomic mass is 15.1. The molecule has 0 bridgehead atoms. The SMILES string of the molecule is CN(C)c1ccnc(CC#N)c1. The number of anilines is 1. The molecule has 3 nitrogen and oxygen atoms in total. The number of nitriles is 1. The molecule has 0 spiro atoms. The van der Waals surface area contributed by atoms with E-state index in [9.17, 15) is 0 Å². The molecule has 0 atom stereocenters. The summed E-state index contributed by atoms with van der Waals surface area (Å²) in [4.78, 5) is 6.05. The van der Waals surface area contributed by atoms with Crippen molar-refractivity contribution in [2.75, 3.05) is 19.0 Å². The molecule has 0 amide bonds. The highest BCUT2D eigenvalue weighted by Crippen LogP contribution is 2.10. The van der Waals surface area contributed by atoms with Gasteiger partial charge in [0.25, 0.3) is 0 Å². The number of hydrogen-bond donors (Lipinski definition) is 0. The van der Waals surface area contributed by atoms with Gasteiger partial charge in [-0.15, -0.1) is 0 Å². The van der Waals surface area contributed by atoms with E-state index in [1.54, 1.807) is 6.20 Å². The normalized spacial score (nSPS) is 9.08. The third-order valence-corrected chi connectivity index (χ3v) is 1.58. The Balaban J connectivity index is 2.90. The molecule has 1 heterocycles. The first-order valence-electron chi connectivity index (χ1n) is 3.73. The minimum absolute atomic E-state index is 0.377. The molecule has 0 fully saturated rings. The van der Waals surface area contributed by atoms with Crippen LogP contribution in [0.2, 0.25) is 0 Å². The summed E-state index contributed by atoms with van der Waals surface area (Å²) >= 11 is 0. The second kappa shape index (κ2) is 3.72. The maximum absolute atomic E-state index is 8.45. The zero-order valence-corrected chi connectivity index (χ0v) is 7.28. The number of pyridine rings is 1. The van der Waals surface area contributed by atoms with E-state index in [-0.39, 0.29) is 0 Å². The van der Waals surface area contributed by atoms with Gasteiger partial charge in [-0.2, -0.15) is 5.26 Å². The maximum Gasteiger partial charge on any atom is 0.0775 e. The smallest absolute Gasteiger partial charge is 0.0775 e. The monoisotopic (exact) mass is 161 g/mol. The molecule has 0 saturated heterocycles. The van der Waals surface area contributed by atoms with Gasteiger partial charge in [0, 0.05) is 26.0 Å². The fourth-order valence-electron chi connectivity index (χ4n) is 0.921. The lowest BCUT2D eigenvalue weighted by Gasteiger charge is -2.11. The van der Waals surface area contributed by atoms with Gasteiger partial charge in [-0.3, -0.25) is 4.98 Å². The molecule has 1 aromatic rings. The van der Waals surface area contributed by atoms with Crippen LogP contribution in [-0.4, -0.2) is 19.1 Å². The first-order chi connectivity index (χ1) is 5.74. The van der Waals surface area contributed by atoms with Crippen LogP contribution in [0.1, 0.15) is 5.69 Å². The fourth-order valence-corrected chi connectivity index (χ4v) is 0.921. The molecule has 0 aliphatic carbocycles. The third-order valence-electron chi connectivity index (χ3n) is 1.58. The van der Waals surface area contributed by atoms with Crippen LogP contribution in [0.5, 0.6) is 0 Å². The predicted octanol–water partition coefficient (Wildman–Crippen LogP) is 1.21. The van der Waals surface area contributed by atoms with E-state index in [0.717, 1.165) is 11.4 Å². The van der Waals surface area contributed by atoms with E-state index in [0.29, 0.717) is 6.42 Å². The Hall–Kier alpha value is -1.56. The molecular weight excluding hydrogens is 150 g/mol. The van der Waals surface area contributed by atoms with E-state index >= 15 is 0 Å². The summed E-state index contributed by atoms with van der Waals surface area (Å²) in [6.45, 7) is 0. The van der Waals surface area contributed by atoms with Crippen molar-refractivity contribution in [1.82, 2.24) is 4.98 Å². The Labute approximate surface area is 72.3 Å². The quantitative estimate of drug-likeness (QED) is 0.654. The summed E-state index contributed by atoms with van der Waals surface area (Å²) in [7, 11) is 3.93. The molecule has 0 radical (unpaired) electrons. The number of nitrogens with zero attached hydrogens (tertiary/aromatic N) is 3. The molecule has 0 saturated carbocycles. The zero-order valence-electron chi connectivity index (χ0n) is 7.28. The first-order valence-corrected chi connectivity index (χ1v) is 3.73. The van der Waals surface area contributed by atoms with Gasteiger partial charge < -0.3 is 4.90 Å². The van der Waals surface area contributed by atoms with Crippen LogP contribution in [0, 0.1) is 11.3 Å². The molecule has 12 heavy (non-hydrogen) atoms. The maximum atomic E-state index is 8.45. The van der Waals surface area contributed by atoms with E-state index in [2.05, 4.69) is 11.1 Å². The predicted molar refractivity (Wildman–Crippen MR) is 47.9 cm³/mol. The van der Waals surface area contributed by atoms with Gasteiger partial charge in [0.1, 0.15) is 0 Å². The minimum atomic E-state index is 0.377. The standard InChI is InChI=1S/C9H11N3/c1-12(2)9-4-6-11-8(7-9)3-5-10/h4,6-7H,3H2,1-2H3. The van der Waals surface area contributed by atoms with Crippen molar-refractivity contribution in [2.45, 2.75) is 6.42 Å². The molecular formula is C9H11N3.